The van der Waals surface area contributed by atoms with Crippen molar-refractivity contribution in [3.63, 3.8) is 0 Å². The van der Waals surface area contributed by atoms with E-state index >= 15 is 0 Å². The van der Waals surface area contributed by atoms with Gasteiger partial charge in [-0.15, -0.1) is 0 Å². The topological polar surface area (TPSA) is 56.7 Å². The quantitative estimate of drug-likeness (QED) is 0.210. The molecule has 0 aliphatic heterocycles. The lowest BCUT2D eigenvalue weighted by Crippen LogP contribution is -2.06. The van der Waals surface area contributed by atoms with Gasteiger partial charge in [0.15, 0.2) is 11.6 Å². The van der Waals surface area contributed by atoms with E-state index in [1.54, 1.807) is 18.2 Å². The average Bonchev–Trinajstić information content (AvgIpc) is 3.74. The zero-order valence-electron chi connectivity index (χ0n) is 31.9. The Bertz CT molecular complexity index is 2990. The van der Waals surface area contributed by atoms with Gasteiger partial charge in [-0.05, 0) is 35.4 Å². The average molecular weight is 574 g/mol. The monoisotopic (exact) mass is 573 g/mol. The first-order chi connectivity index (χ1) is 25.5. The standard InChI is InChI=1S/C39H24N4O/c1-3-12-25(13-4-1)27-22-23-29-28-16-7-9-19-32(28)43(33(29)24-27)39-41-37(26-14-5-2-6-15-26)40-38(42-39)31-18-11-21-35-36(31)30-17-8-10-20-34(30)44-35/h1-24H/i1D,3D,4D,7D,9D,12D,13D,16D,19D. The zero-order valence-corrected chi connectivity index (χ0v) is 22.9. The van der Waals surface area contributed by atoms with Crippen molar-refractivity contribution in [2.75, 3.05) is 0 Å². The Kier molecular flexibility index (Phi) is 3.80. The molecule has 5 heteroatoms. The number of furan rings is 1. The lowest BCUT2D eigenvalue weighted by molar-refractivity contribution is 0.669. The van der Waals surface area contributed by atoms with E-state index in [4.69, 9.17) is 31.7 Å². The Labute approximate surface area is 265 Å². The molecule has 44 heavy (non-hydrogen) atoms. The summed E-state index contributed by atoms with van der Waals surface area (Å²) in [6, 6.07) is 23.6. The van der Waals surface area contributed by atoms with Crippen LogP contribution in [0.2, 0.25) is 0 Å². The molecule has 0 amide bonds. The van der Waals surface area contributed by atoms with Gasteiger partial charge < -0.3 is 4.42 Å². The largest absolute Gasteiger partial charge is 0.456 e. The molecular formula is C39H24N4O. The first-order valence-corrected chi connectivity index (χ1v) is 13.9. The van der Waals surface area contributed by atoms with E-state index in [2.05, 4.69) is 0 Å². The molecule has 0 atom stereocenters. The van der Waals surface area contributed by atoms with Gasteiger partial charge in [-0.25, -0.2) is 4.98 Å². The van der Waals surface area contributed by atoms with Crippen LogP contribution >= 0.6 is 0 Å². The van der Waals surface area contributed by atoms with Crippen LogP contribution in [0.5, 0.6) is 0 Å². The van der Waals surface area contributed by atoms with E-state index in [1.165, 1.54) is 4.57 Å². The van der Waals surface area contributed by atoms with Crippen LogP contribution in [0.25, 0.3) is 83.6 Å². The van der Waals surface area contributed by atoms with E-state index in [1.807, 2.05) is 72.8 Å². The molecule has 0 aliphatic rings. The third-order valence-corrected chi connectivity index (χ3v) is 7.69. The summed E-state index contributed by atoms with van der Waals surface area (Å²) in [5.74, 6) is 0.624. The van der Waals surface area contributed by atoms with E-state index in [0.29, 0.717) is 39.0 Å². The summed E-state index contributed by atoms with van der Waals surface area (Å²) in [4.78, 5) is 14.8. The number of hydrogen-bond donors (Lipinski definition) is 0. The molecule has 0 bridgehead atoms. The zero-order chi connectivity index (χ0) is 36.9. The lowest BCUT2D eigenvalue weighted by atomic mass is 10.0. The summed E-state index contributed by atoms with van der Waals surface area (Å²) in [6.45, 7) is 0. The van der Waals surface area contributed by atoms with Crippen molar-refractivity contribution in [1.29, 1.82) is 0 Å². The highest BCUT2D eigenvalue weighted by Gasteiger charge is 2.20. The molecule has 0 N–H and O–H groups in total. The van der Waals surface area contributed by atoms with Crippen molar-refractivity contribution in [3.8, 4) is 39.9 Å². The van der Waals surface area contributed by atoms with Crippen molar-refractivity contribution in [1.82, 2.24) is 19.5 Å². The maximum absolute atomic E-state index is 9.10. The van der Waals surface area contributed by atoms with Crippen molar-refractivity contribution in [2.45, 2.75) is 0 Å². The number of rotatable bonds is 4. The SMILES string of the molecule is [2H]c1c([2H])c([2H])c(-c2ccc3c4c([2H])c([2H])c([2H])c([2H])c4n(-c4nc(-c5ccccc5)nc(-c5cccc6oc7ccccc7c56)n4)c3c2)c([2H])c1[2H]. The molecular weight excluding hydrogens is 540 g/mol. The summed E-state index contributed by atoms with van der Waals surface area (Å²) < 4.78 is 84.9. The van der Waals surface area contributed by atoms with Gasteiger partial charge in [0.1, 0.15) is 11.2 Å². The van der Waals surface area contributed by atoms with Crippen LogP contribution in [-0.4, -0.2) is 19.5 Å². The van der Waals surface area contributed by atoms with E-state index < -0.39 is 42.3 Å². The van der Waals surface area contributed by atoms with Gasteiger partial charge >= 0.3 is 0 Å². The van der Waals surface area contributed by atoms with Gasteiger partial charge in [-0.1, -0.05) is 121 Å². The number of benzene rings is 6. The third-order valence-electron chi connectivity index (χ3n) is 7.69. The van der Waals surface area contributed by atoms with Crippen LogP contribution in [0.3, 0.4) is 0 Å². The third kappa shape index (κ3) is 3.83. The predicted octanol–water partition coefficient (Wildman–Crippen LogP) is 9.87. The number of hydrogen-bond acceptors (Lipinski definition) is 4. The summed E-state index contributed by atoms with van der Waals surface area (Å²) in [5.41, 5.74) is 3.31. The molecule has 0 fully saturated rings. The molecule has 5 nitrogen and oxygen atoms in total. The van der Waals surface area contributed by atoms with Gasteiger partial charge in [0.05, 0.1) is 23.4 Å². The highest BCUT2D eigenvalue weighted by atomic mass is 16.3. The number of aromatic nitrogens is 4. The van der Waals surface area contributed by atoms with Crippen molar-refractivity contribution >= 4 is 43.7 Å². The molecule has 3 aromatic heterocycles. The molecule has 0 saturated heterocycles. The predicted molar refractivity (Wildman–Crippen MR) is 178 cm³/mol. The first kappa shape index (κ1) is 17.1. The molecule has 0 saturated carbocycles. The van der Waals surface area contributed by atoms with Crippen LogP contribution in [0.4, 0.5) is 0 Å². The first-order valence-electron chi connectivity index (χ1n) is 18.4. The molecule has 6 aromatic carbocycles. The summed E-state index contributed by atoms with van der Waals surface area (Å²) in [7, 11) is 0. The molecule has 206 valence electrons. The molecule has 9 rings (SSSR count). The van der Waals surface area contributed by atoms with Crippen LogP contribution in [-0.2, 0) is 0 Å². The maximum atomic E-state index is 9.10. The van der Waals surface area contributed by atoms with Crippen molar-refractivity contribution in [2.24, 2.45) is 0 Å². The fourth-order valence-corrected chi connectivity index (χ4v) is 5.74. The smallest absolute Gasteiger partial charge is 0.238 e. The van der Waals surface area contributed by atoms with Gasteiger partial charge in [0, 0.05) is 32.7 Å². The van der Waals surface area contributed by atoms with Crippen molar-refractivity contribution in [3.05, 3.63) is 145 Å². The summed E-state index contributed by atoms with van der Waals surface area (Å²) in [5, 5.41) is 2.28. The fourth-order valence-electron chi connectivity index (χ4n) is 5.74. The minimum atomic E-state index is -0.519. The van der Waals surface area contributed by atoms with Crippen LogP contribution < -0.4 is 0 Å². The minimum Gasteiger partial charge on any atom is -0.456 e. The number of para-hydroxylation sites is 2. The minimum absolute atomic E-state index is 0.0333. The maximum Gasteiger partial charge on any atom is 0.238 e. The summed E-state index contributed by atoms with van der Waals surface area (Å²) in [6.07, 6.45) is 0. The molecule has 0 unspecified atom stereocenters. The van der Waals surface area contributed by atoms with E-state index in [9.17, 15) is 0 Å². The second kappa shape index (κ2) is 9.75. The van der Waals surface area contributed by atoms with Crippen LogP contribution in [0, 0.1) is 0 Å². The molecule has 0 aliphatic carbocycles. The molecule has 3 heterocycles. The van der Waals surface area contributed by atoms with E-state index in [0.717, 1.165) is 10.8 Å². The van der Waals surface area contributed by atoms with Crippen molar-refractivity contribution < 1.29 is 16.8 Å². The second-order valence-electron chi connectivity index (χ2n) is 10.2. The molecule has 0 spiro atoms. The fraction of sp³-hybridized carbons (Fsp3) is 0. The highest BCUT2D eigenvalue weighted by Crippen LogP contribution is 2.38. The van der Waals surface area contributed by atoms with Gasteiger partial charge in [-0.2, -0.15) is 9.97 Å². The Balaban J connectivity index is 1.43. The van der Waals surface area contributed by atoms with Crippen LogP contribution in [0.1, 0.15) is 12.3 Å². The Morgan fingerprint density at radius 2 is 1.30 bits per heavy atom. The normalized spacial score (nSPS) is 14.5. The van der Waals surface area contributed by atoms with Gasteiger partial charge in [0.2, 0.25) is 5.95 Å². The van der Waals surface area contributed by atoms with Crippen LogP contribution in [0.15, 0.2) is 150 Å². The Morgan fingerprint density at radius 1 is 0.523 bits per heavy atom. The molecule has 0 radical (unpaired) electrons. The van der Waals surface area contributed by atoms with Gasteiger partial charge in [0.25, 0.3) is 0 Å². The second-order valence-corrected chi connectivity index (χ2v) is 10.2. The lowest BCUT2D eigenvalue weighted by Gasteiger charge is -2.12. The van der Waals surface area contributed by atoms with E-state index in [-0.39, 0.29) is 45.9 Å². The molecule has 9 aromatic rings. The Morgan fingerprint density at radius 3 is 2.20 bits per heavy atom. The summed E-state index contributed by atoms with van der Waals surface area (Å²) >= 11 is 0. The number of nitrogens with zero attached hydrogens (tertiary/aromatic N) is 4. The number of fused-ring (bicyclic) bond motifs is 6. The Hall–Kier alpha value is -6.07. The highest BCUT2D eigenvalue weighted by molar-refractivity contribution is 6.12. The van der Waals surface area contributed by atoms with Gasteiger partial charge in [-0.3, -0.25) is 4.57 Å².